The first-order valence-electron chi connectivity index (χ1n) is 7.51. The van der Waals surface area contributed by atoms with E-state index in [0.717, 1.165) is 4.90 Å². The predicted octanol–water partition coefficient (Wildman–Crippen LogP) is 1.63. The quantitative estimate of drug-likeness (QED) is 0.826. The summed E-state index contributed by atoms with van der Waals surface area (Å²) in [5.41, 5.74) is -0.921. The number of pyridine rings is 1. The van der Waals surface area contributed by atoms with Gasteiger partial charge in [0.05, 0.1) is 0 Å². The number of carbonyl (C=O) groups excluding carboxylic acids is 3. The summed E-state index contributed by atoms with van der Waals surface area (Å²) < 4.78 is 13.1. The van der Waals surface area contributed by atoms with Crippen LogP contribution in [0, 0.1) is 5.82 Å². The highest BCUT2D eigenvalue weighted by molar-refractivity contribution is 6.10. The molecule has 3 rings (SSSR count). The van der Waals surface area contributed by atoms with Gasteiger partial charge in [0.25, 0.3) is 5.91 Å². The van der Waals surface area contributed by atoms with Crippen molar-refractivity contribution in [1.29, 1.82) is 0 Å². The van der Waals surface area contributed by atoms with Crippen molar-refractivity contribution in [3.8, 4) is 0 Å². The molecule has 1 fully saturated rings. The third kappa shape index (κ3) is 3.18. The van der Waals surface area contributed by atoms with E-state index in [-0.39, 0.29) is 0 Å². The summed E-state index contributed by atoms with van der Waals surface area (Å²) in [7, 11) is 0. The lowest BCUT2D eigenvalue weighted by Gasteiger charge is -2.22. The second-order valence-electron chi connectivity index (χ2n) is 5.72. The lowest BCUT2D eigenvalue weighted by Crippen LogP contribution is -2.42. The molecule has 0 bridgehead atoms. The molecular weight excluding hydrogens is 327 g/mol. The van der Waals surface area contributed by atoms with E-state index in [9.17, 15) is 18.8 Å². The summed E-state index contributed by atoms with van der Waals surface area (Å²) in [6.07, 6.45) is 1.51. The molecule has 0 spiro atoms. The number of carbonyl (C=O) groups is 3. The van der Waals surface area contributed by atoms with E-state index in [1.807, 2.05) is 0 Å². The maximum Gasteiger partial charge on any atom is 0.325 e. The van der Waals surface area contributed by atoms with Gasteiger partial charge < -0.3 is 10.6 Å². The number of benzene rings is 1. The number of hydrogen-bond donors (Lipinski definition) is 2. The Hall–Kier alpha value is -3.29. The summed E-state index contributed by atoms with van der Waals surface area (Å²) in [6, 6.07) is 9.55. The van der Waals surface area contributed by atoms with Crippen molar-refractivity contribution >= 4 is 23.7 Å². The Morgan fingerprint density at radius 3 is 2.60 bits per heavy atom. The van der Waals surface area contributed by atoms with Crippen molar-refractivity contribution in [3.05, 3.63) is 60.0 Å². The highest BCUT2D eigenvalue weighted by Gasteiger charge is 2.49. The van der Waals surface area contributed by atoms with E-state index in [1.165, 1.54) is 37.4 Å². The minimum Gasteiger partial charge on any atom is -0.319 e. The molecule has 1 saturated heterocycles. The average Bonchev–Trinajstić information content (AvgIpc) is 2.80. The number of anilines is 1. The van der Waals surface area contributed by atoms with E-state index < -0.39 is 35.7 Å². The fraction of sp³-hybridized carbons (Fsp3) is 0.176. The van der Waals surface area contributed by atoms with Crippen LogP contribution in [0.1, 0.15) is 12.5 Å². The van der Waals surface area contributed by atoms with Crippen LogP contribution in [-0.4, -0.2) is 34.3 Å². The zero-order valence-corrected chi connectivity index (χ0v) is 13.3. The number of nitrogens with one attached hydrogen (secondary N) is 2. The number of amides is 4. The van der Waals surface area contributed by atoms with Gasteiger partial charge in [-0.25, -0.2) is 14.2 Å². The molecule has 0 unspecified atom stereocenters. The third-order valence-corrected chi connectivity index (χ3v) is 3.93. The van der Waals surface area contributed by atoms with Crippen LogP contribution in [0.5, 0.6) is 0 Å². The van der Waals surface area contributed by atoms with Gasteiger partial charge in [0.1, 0.15) is 23.7 Å². The molecule has 1 aromatic heterocycles. The van der Waals surface area contributed by atoms with Crippen LogP contribution in [0.3, 0.4) is 0 Å². The Balaban J connectivity index is 1.75. The number of aromatic nitrogens is 1. The molecule has 2 heterocycles. The number of nitrogens with zero attached hydrogens (tertiary/aromatic N) is 2. The van der Waals surface area contributed by atoms with Gasteiger partial charge in [-0.15, -0.1) is 0 Å². The summed E-state index contributed by atoms with van der Waals surface area (Å²) in [5.74, 6) is -1.26. The maximum absolute atomic E-state index is 13.1. The van der Waals surface area contributed by atoms with E-state index in [0.29, 0.717) is 11.4 Å². The Bertz CT molecular complexity index is 826. The number of imide groups is 1. The predicted molar refractivity (Wildman–Crippen MR) is 86.9 cm³/mol. The van der Waals surface area contributed by atoms with Crippen LogP contribution in [0.25, 0.3) is 0 Å². The maximum atomic E-state index is 13.1. The second kappa shape index (κ2) is 6.31. The van der Waals surface area contributed by atoms with Crippen molar-refractivity contribution < 1.29 is 18.8 Å². The standard InChI is InChI=1S/C17H15FN4O3/c1-17(11-5-7-12(18)8-6-11)15(24)22(16(25)21-17)10-14(23)20-13-4-2-3-9-19-13/h2-9H,10H2,1H3,(H,21,25)(H,19,20,23)/t17-/m0/s1. The molecule has 2 aromatic rings. The average molecular weight is 342 g/mol. The minimum absolute atomic E-state index is 0.320. The van der Waals surface area contributed by atoms with Crippen molar-refractivity contribution in [2.75, 3.05) is 11.9 Å². The fourth-order valence-electron chi connectivity index (χ4n) is 2.58. The van der Waals surface area contributed by atoms with Gasteiger partial charge in [0, 0.05) is 6.20 Å². The van der Waals surface area contributed by atoms with E-state index >= 15 is 0 Å². The molecule has 0 aliphatic carbocycles. The summed E-state index contributed by atoms with van der Waals surface area (Å²) >= 11 is 0. The Morgan fingerprint density at radius 2 is 1.96 bits per heavy atom. The molecule has 0 saturated carbocycles. The summed E-state index contributed by atoms with van der Waals surface area (Å²) in [4.78, 5) is 41.7. The molecule has 25 heavy (non-hydrogen) atoms. The van der Waals surface area contributed by atoms with Crippen molar-refractivity contribution in [1.82, 2.24) is 15.2 Å². The first-order valence-corrected chi connectivity index (χ1v) is 7.51. The highest BCUT2D eigenvalue weighted by atomic mass is 19.1. The zero-order valence-electron chi connectivity index (χ0n) is 13.3. The highest BCUT2D eigenvalue weighted by Crippen LogP contribution is 2.28. The van der Waals surface area contributed by atoms with Crippen LogP contribution >= 0.6 is 0 Å². The van der Waals surface area contributed by atoms with Gasteiger partial charge in [-0.3, -0.25) is 14.5 Å². The van der Waals surface area contributed by atoms with Gasteiger partial charge >= 0.3 is 6.03 Å². The molecule has 128 valence electrons. The molecule has 1 atom stereocenters. The molecule has 4 amide bonds. The van der Waals surface area contributed by atoms with Gasteiger partial charge in [-0.1, -0.05) is 18.2 Å². The Morgan fingerprint density at radius 1 is 1.24 bits per heavy atom. The third-order valence-electron chi connectivity index (χ3n) is 3.93. The van der Waals surface area contributed by atoms with Crippen molar-refractivity contribution in [2.24, 2.45) is 0 Å². The molecule has 1 aromatic carbocycles. The minimum atomic E-state index is -1.35. The van der Waals surface area contributed by atoms with Gasteiger partial charge in [-0.2, -0.15) is 0 Å². The Labute approximate surface area is 142 Å². The van der Waals surface area contributed by atoms with E-state index in [2.05, 4.69) is 15.6 Å². The molecule has 2 N–H and O–H groups in total. The van der Waals surface area contributed by atoms with Gasteiger partial charge in [0.15, 0.2) is 0 Å². The first-order chi connectivity index (χ1) is 11.9. The Kier molecular flexibility index (Phi) is 4.18. The number of hydrogen-bond acceptors (Lipinski definition) is 4. The lowest BCUT2D eigenvalue weighted by atomic mass is 9.92. The van der Waals surface area contributed by atoms with Crippen LogP contribution < -0.4 is 10.6 Å². The van der Waals surface area contributed by atoms with Gasteiger partial charge in [-0.05, 0) is 36.8 Å². The second-order valence-corrected chi connectivity index (χ2v) is 5.72. The zero-order chi connectivity index (χ0) is 18.0. The van der Waals surface area contributed by atoms with Crippen LogP contribution in [0.4, 0.5) is 15.0 Å². The first kappa shape index (κ1) is 16.6. The van der Waals surface area contributed by atoms with Crippen LogP contribution in [-0.2, 0) is 15.1 Å². The summed E-state index contributed by atoms with van der Waals surface area (Å²) in [6.45, 7) is 1.06. The fourth-order valence-corrected chi connectivity index (χ4v) is 2.58. The molecule has 7 nitrogen and oxygen atoms in total. The number of urea groups is 1. The molecule has 1 aliphatic heterocycles. The summed E-state index contributed by atoms with van der Waals surface area (Å²) in [5, 5.41) is 5.07. The number of halogens is 1. The largest absolute Gasteiger partial charge is 0.325 e. The molecule has 8 heteroatoms. The van der Waals surface area contributed by atoms with E-state index in [1.54, 1.807) is 18.2 Å². The molecule has 0 radical (unpaired) electrons. The monoisotopic (exact) mass is 342 g/mol. The smallest absolute Gasteiger partial charge is 0.319 e. The van der Waals surface area contributed by atoms with E-state index in [4.69, 9.17) is 0 Å². The van der Waals surface area contributed by atoms with Crippen molar-refractivity contribution in [3.63, 3.8) is 0 Å². The van der Waals surface area contributed by atoms with Crippen molar-refractivity contribution in [2.45, 2.75) is 12.5 Å². The van der Waals surface area contributed by atoms with Gasteiger partial charge in [0.2, 0.25) is 5.91 Å². The van der Waals surface area contributed by atoms with Crippen LogP contribution in [0.2, 0.25) is 0 Å². The van der Waals surface area contributed by atoms with Crippen LogP contribution in [0.15, 0.2) is 48.7 Å². The topological polar surface area (TPSA) is 91.4 Å². The normalized spacial score (nSPS) is 19.7. The SMILES string of the molecule is C[C@@]1(c2ccc(F)cc2)NC(=O)N(CC(=O)Nc2ccccn2)C1=O. The molecule has 1 aliphatic rings. The lowest BCUT2D eigenvalue weighted by molar-refractivity contribution is -0.133. The molecular formula is C17H15FN4O3. The number of rotatable bonds is 4.